The Bertz CT molecular complexity index is 624. The number of carbonyl (C=O) groups excluding carboxylic acids is 1. The third-order valence-corrected chi connectivity index (χ3v) is 4.47. The van der Waals surface area contributed by atoms with Crippen LogP contribution in [-0.4, -0.2) is 52.7 Å². The zero-order valence-electron chi connectivity index (χ0n) is 15.3. The summed E-state index contributed by atoms with van der Waals surface area (Å²) in [4.78, 5) is 25.8. The van der Waals surface area contributed by atoms with Gasteiger partial charge in [0.1, 0.15) is 17.2 Å². The van der Waals surface area contributed by atoms with Crippen LogP contribution in [0.2, 0.25) is 0 Å². The maximum Gasteiger partial charge on any atom is 0.410 e. The van der Waals surface area contributed by atoms with E-state index in [0.29, 0.717) is 6.54 Å². The molecule has 0 spiro atoms. The van der Waals surface area contributed by atoms with Gasteiger partial charge in [-0.25, -0.2) is 14.8 Å². The van der Waals surface area contributed by atoms with Crippen molar-refractivity contribution < 1.29 is 9.53 Å². The summed E-state index contributed by atoms with van der Waals surface area (Å²) in [7, 11) is 0. The summed E-state index contributed by atoms with van der Waals surface area (Å²) in [6.07, 6.45) is 4.00. The Morgan fingerprint density at radius 3 is 2.58 bits per heavy atom. The summed E-state index contributed by atoms with van der Waals surface area (Å²) in [5.74, 6) is 1.93. The quantitative estimate of drug-likeness (QED) is 0.791. The Balaban J connectivity index is 1.72. The number of rotatable bonds is 1. The number of anilines is 1. The minimum atomic E-state index is -0.451. The Morgan fingerprint density at radius 2 is 1.83 bits per heavy atom. The molecule has 1 aromatic rings. The second-order valence-electron chi connectivity index (χ2n) is 7.68. The van der Waals surface area contributed by atoms with Crippen LogP contribution in [0.15, 0.2) is 0 Å². The molecular formula is C18H28N4O2. The summed E-state index contributed by atoms with van der Waals surface area (Å²) in [6.45, 7) is 10.8. The van der Waals surface area contributed by atoms with E-state index >= 15 is 0 Å². The average Bonchev–Trinajstić information content (AvgIpc) is 2.80. The molecule has 24 heavy (non-hydrogen) atoms. The van der Waals surface area contributed by atoms with Crippen LogP contribution < -0.4 is 4.90 Å². The Kier molecular flexibility index (Phi) is 4.65. The van der Waals surface area contributed by atoms with E-state index in [0.717, 1.165) is 50.5 Å². The molecule has 0 unspecified atom stereocenters. The van der Waals surface area contributed by atoms with E-state index in [9.17, 15) is 4.79 Å². The summed E-state index contributed by atoms with van der Waals surface area (Å²) < 4.78 is 5.51. The molecule has 1 fully saturated rings. The molecule has 3 rings (SSSR count). The van der Waals surface area contributed by atoms with E-state index < -0.39 is 5.60 Å². The molecular weight excluding hydrogens is 304 g/mol. The van der Waals surface area contributed by atoms with E-state index in [-0.39, 0.29) is 6.09 Å². The Hall–Kier alpha value is -1.85. The molecule has 132 valence electrons. The number of ether oxygens (including phenoxy) is 1. The zero-order valence-corrected chi connectivity index (χ0v) is 15.3. The summed E-state index contributed by atoms with van der Waals surface area (Å²) in [6, 6.07) is 0. The van der Waals surface area contributed by atoms with E-state index in [1.54, 1.807) is 0 Å². The average molecular weight is 332 g/mol. The van der Waals surface area contributed by atoms with Gasteiger partial charge in [-0.05, 0) is 53.4 Å². The minimum absolute atomic E-state index is 0.214. The summed E-state index contributed by atoms with van der Waals surface area (Å²) in [5.41, 5.74) is 2.07. The van der Waals surface area contributed by atoms with Crippen LogP contribution >= 0.6 is 0 Å². The Labute approximate surface area is 144 Å². The van der Waals surface area contributed by atoms with Gasteiger partial charge in [-0.2, -0.15) is 0 Å². The van der Waals surface area contributed by atoms with Gasteiger partial charge in [0, 0.05) is 37.4 Å². The van der Waals surface area contributed by atoms with Crippen LogP contribution in [0, 0.1) is 6.92 Å². The standard InChI is InChI=1S/C18H28N4O2/c1-13-19-15-8-5-7-14(15)16(20-13)21-9-6-10-22(12-11-21)17(23)24-18(2,3)4/h5-12H2,1-4H3. The van der Waals surface area contributed by atoms with Crippen LogP contribution in [0.1, 0.15) is 50.7 Å². The van der Waals surface area contributed by atoms with Crippen molar-refractivity contribution in [1.82, 2.24) is 14.9 Å². The highest BCUT2D eigenvalue weighted by Crippen LogP contribution is 2.29. The maximum absolute atomic E-state index is 12.3. The first-order valence-corrected chi connectivity index (χ1v) is 8.93. The number of aryl methyl sites for hydroxylation is 2. The van der Waals surface area contributed by atoms with E-state index in [1.807, 2.05) is 32.6 Å². The molecule has 1 aliphatic heterocycles. The lowest BCUT2D eigenvalue weighted by molar-refractivity contribution is 0.0263. The topological polar surface area (TPSA) is 58.6 Å². The molecule has 1 saturated heterocycles. The monoisotopic (exact) mass is 332 g/mol. The lowest BCUT2D eigenvalue weighted by Gasteiger charge is -2.27. The highest BCUT2D eigenvalue weighted by atomic mass is 16.6. The van der Waals surface area contributed by atoms with Crippen LogP contribution in [0.4, 0.5) is 10.6 Å². The van der Waals surface area contributed by atoms with Crippen molar-refractivity contribution in [3.63, 3.8) is 0 Å². The fraction of sp³-hybridized carbons (Fsp3) is 0.722. The number of carbonyl (C=O) groups is 1. The first-order valence-electron chi connectivity index (χ1n) is 8.93. The molecule has 2 heterocycles. The van der Waals surface area contributed by atoms with E-state index in [1.165, 1.54) is 17.7 Å². The van der Waals surface area contributed by atoms with E-state index in [4.69, 9.17) is 9.72 Å². The van der Waals surface area contributed by atoms with Gasteiger partial charge in [0.2, 0.25) is 0 Å². The third-order valence-electron chi connectivity index (χ3n) is 4.47. The van der Waals surface area contributed by atoms with Crippen molar-refractivity contribution in [3.05, 3.63) is 17.1 Å². The maximum atomic E-state index is 12.3. The lowest BCUT2D eigenvalue weighted by atomic mass is 10.2. The summed E-state index contributed by atoms with van der Waals surface area (Å²) in [5, 5.41) is 0. The van der Waals surface area contributed by atoms with Crippen molar-refractivity contribution in [1.29, 1.82) is 0 Å². The fourth-order valence-electron chi connectivity index (χ4n) is 3.43. The van der Waals surface area contributed by atoms with Crippen molar-refractivity contribution in [2.45, 2.75) is 59.0 Å². The first kappa shape index (κ1) is 17.0. The van der Waals surface area contributed by atoms with Crippen LogP contribution in [-0.2, 0) is 17.6 Å². The van der Waals surface area contributed by atoms with Gasteiger partial charge in [0.25, 0.3) is 0 Å². The zero-order chi connectivity index (χ0) is 17.3. The SMILES string of the molecule is Cc1nc2c(c(N3CCCN(C(=O)OC(C)(C)C)CC3)n1)CCC2. The van der Waals surface area contributed by atoms with Gasteiger partial charge in [0.15, 0.2) is 0 Å². The number of nitrogens with zero attached hydrogens (tertiary/aromatic N) is 4. The number of fused-ring (bicyclic) bond motifs is 1. The van der Waals surface area contributed by atoms with Gasteiger partial charge in [-0.15, -0.1) is 0 Å². The second-order valence-corrected chi connectivity index (χ2v) is 7.68. The van der Waals surface area contributed by atoms with Gasteiger partial charge in [0.05, 0.1) is 0 Å². The van der Waals surface area contributed by atoms with Gasteiger partial charge in [-0.3, -0.25) is 0 Å². The highest BCUT2D eigenvalue weighted by molar-refractivity contribution is 5.68. The molecule has 1 aliphatic carbocycles. The molecule has 6 heteroatoms. The predicted octanol–water partition coefficient (Wildman–Crippen LogP) is 2.72. The van der Waals surface area contributed by atoms with Gasteiger partial charge in [-0.1, -0.05) is 0 Å². The molecule has 0 atom stereocenters. The number of hydrogen-bond acceptors (Lipinski definition) is 5. The molecule has 1 aromatic heterocycles. The molecule has 6 nitrogen and oxygen atoms in total. The lowest BCUT2D eigenvalue weighted by Crippen LogP contribution is -2.39. The third kappa shape index (κ3) is 3.79. The van der Waals surface area contributed by atoms with Crippen LogP contribution in [0.3, 0.4) is 0 Å². The molecule has 0 aromatic carbocycles. The predicted molar refractivity (Wildman–Crippen MR) is 93.4 cm³/mol. The first-order chi connectivity index (χ1) is 11.3. The molecule has 0 bridgehead atoms. The molecule has 0 radical (unpaired) electrons. The number of hydrogen-bond donors (Lipinski definition) is 0. The van der Waals surface area contributed by atoms with Crippen molar-refractivity contribution in [2.24, 2.45) is 0 Å². The number of aromatic nitrogens is 2. The molecule has 0 saturated carbocycles. The second kappa shape index (κ2) is 6.57. The number of amides is 1. The Morgan fingerprint density at radius 1 is 1.04 bits per heavy atom. The minimum Gasteiger partial charge on any atom is -0.444 e. The molecule has 1 amide bonds. The largest absolute Gasteiger partial charge is 0.444 e. The fourth-order valence-corrected chi connectivity index (χ4v) is 3.43. The van der Waals surface area contributed by atoms with Crippen molar-refractivity contribution in [2.75, 3.05) is 31.1 Å². The molecule has 2 aliphatic rings. The smallest absolute Gasteiger partial charge is 0.410 e. The van der Waals surface area contributed by atoms with E-state index in [2.05, 4.69) is 9.88 Å². The summed E-state index contributed by atoms with van der Waals surface area (Å²) >= 11 is 0. The normalized spacial score (nSPS) is 18.3. The highest BCUT2D eigenvalue weighted by Gasteiger charge is 2.27. The van der Waals surface area contributed by atoms with Gasteiger partial charge < -0.3 is 14.5 Å². The van der Waals surface area contributed by atoms with Crippen molar-refractivity contribution >= 4 is 11.9 Å². The van der Waals surface area contributed by atoms with Gasteiger partial charge >= 0.3 is 6.09 Å². The van der Waals surface area contributed by atoms with Crippen molar-refractivity contribution in [3.8, 4) is 0 Å². The van der Waals surface area contributed by atoms with Crippen LogP contribution in [0.25, 0.3) is 0 Å². The van der Waals surface area contributed by atoms with Crippen LogP contribution in [0.5, 0.6) is 0 Å². The molecule has 0 N–H and O–H groups in total.